The van der Waals surface area contributed by atoms with Gasteiger partial charge in [-0.05, 0) is 16.7 Å². The SMILES string of the molecule is O=C(CNC(=O)OCc1ccccc1)N[C@H](Cc1ccccc1)C(=O)OCc1ccccc1. The van der Waals surface area contributed by atoms with Crippen molar-refractivity contribution >= 4 is 18.0 Å². The highest BCUT2D eigenvalue weighted by atomic mass is 16.5. The van der Waals surface area contributed by atoms with Crippen molar-refractivity contribution in [1.29, 1.82) is 0 Å². The fraction of sp³-hybridized carbons (Fsp3) is 0.192. The molecule has 33 heavy (non-hydrogen) atoms. The largest absolute Gasteiger partial charge is 0.459 e. The van der Waals surface area contributed by atoms with E-state index in [-0.39, 0.29) is 26.2 Å². The number of nitrogens with one attached hydrogen (secondary N) is 2. The first-order valence-electron chi connectivity index (χ1n) is 10.6. The quantitative estimate of drug-likeness (QED) is 0.466. The van der Waals surface area contributed by atoms with E-state index < -0.39 is 24.0 Å². The van der Waals surface area contributed by atoms with Gasteiger partial charge in [0.15, 0.2) is 0 Å². The molecular weight excluding hydrogens is 420 g/mol. The highest BCUT2D eigenvalue weighted by Gasteiger charge is 2.23. The molecule has 0 aromatic heterocycles. The molecule has 1 atom stereocenters. The summed E-state index contributed by atoms with van der Waals surface area (Å²) in [6.45, 7) is -0.132. The van der Waals surface area contributed by atoms with Crippen LogP contribution >= 0.6 is 0 Å². The smallest absolute Gasteiger partial charge is 0.407 e. The highest BCUT2D eigenvalue weighted by molar-refractivity contribution is 5.87. The summed E-state index contributed by atoms with van der Waals surface area (Å²) in [5.41, 5.74) is 2.55. The van der Waals surface area contributed by atoms with Gasteiger partial charge in [-0.3, -0.25) is 4.79 Å². The molecule has 0 bridgehead atoms. The summed E-state index contributed by atoms with van der Waals surface area (Å²) in [4.78, 5) is 37.0. The standard InChI is InChI=1S/C26H26N2O5/c29-24(17-27-26(31)33-19-22-14-8-3-9-15-22)28-23(16-20-10-4-1-5-11-20)25(30)32-18-21-12-6-2-7-13-21/h1-15,23H,16-19H2,(H,27,31)(H,28,29)/t23-/m1/s1. The van der Waals surface area contributed by atoms with Crippen molar-refractivity contribution in [2.75, 3.05) is 6.54 Å². The number of ether oxygens (including phenoxy) is 2. The molecule has 3 aromatic rings. The predicted molar refractivity (Wildman–Crippen MR) is 123 cm³/mol. The Morgan fingerprint density at radius 1 is 0.667 bits per heavy atom. The van der Waals surface area contributed by atoms with Crippen molar-refractivity contribution in [2.45, 2.75) is 25.7 Å². The molecule has 0 aliphatic rings. The van der Waals surface area contributed by atoms with E-state index in [1.165, 1.54) is 0 Å². The second-order valence-corrected chi connectivity index (χ2v) is 7.32. The fourth-order valence-electron chi connectivity index (χ4n) is 3.04. The Morgan fingerprint density at radius 3 is 1.70 bits per heavy atom. The van der Waals surface area contributed by atoms with Gasteiger partial charge in [-0.15, -0.1) is 0 Å². The lowest BCUT2D eigenvalue weighted by Crippen LogP contribution is -2.47. The van der Waals surface area contributed by atoms with E-state index in [2.05, 4.69) is 10.6 Å². The summed E-state index contributed by atoms with van der Waals surface area (Å²) < 4.78 is 10.5. The zero-order valence-corrected chi connectivity index (χ0v) is 18.1. The van der Waals surface area contributed by atoms with Crippen LogP contribution in [-0.4, -0.2) is 30.6 Å². The van der Waals surface area contributed by atoms with Gasteiger partial charge >= 0.3 is 12.1 Å². The summed E-state index contributed by atoms with van der Waals surface area (Å²) in [5, 5.41) is 5.04. The first-order chi connectivity index (χ1) is 16.1. The van der Waals surface area contributed by atoms with Crippen LogP contribution in [0.5, 0.6) is 0 Å². The van der Waals surface area contributed by atoms with Crippen LogP contribution in [0.2, 0.25) is 0 Å². The average Bonchev–Trinajstić information content (AvgIpc) is 2.86. The molecular formula is C26H26N2O5. The molecule has 0 heterocycles. The van der Waals surface area contributed by atoms with Crippen LogP contribution in [0.15, 0.2) is 91.0 Å². The number of carbonyl (C=O) groups excluding carboxylic acids is 3. The third kappa shape index (κ3) is 8.49. The van der Waals surface area contributed by atoms with Gasteiger partial charge in [0.25, 0.3) is 0 Å². The Balaban J connectivity index is 1.51. The molecule has 0 radical (unpaired) electrons. The molecule has 0 spiro atoms. The number of hydrogen-bond donors (Lipinski definition) is 2. The van der Waals surface area contributed by atoms with E-state index in [1.54, 1.807) is 0 Å². The number of esters is 1. The maximum atomic E-state index is 12.7. The second kappa shape index (κ2) is 12.7. The van der Waals surface area contributed by atoms with Gasteiger partial charge in [-0.1, -0.05) is 91.0 Å². The van der Waals surface area contributed by atoms with E-state index in [0.29, 0.717) is 0 Å². The van der Waals surface area contributed by atoms with Crippen molar-refractivity contribution in [2.24, 2.45) is 0 Å². The van der Waals surface area contributed by atoms with Crippen molar-refractivity contribution in [3.8, 4) is 0 Å². The molecule has 7 nitrogen and oxygen atoms in total. The Morgan fingerprint density at radius 2 is 1.15 bits per heavy atom. The van der Waals surface area contributed by atoms with Gasteiger partial charge in [-0.2, -0.15) is 0 Å². The van der Waals surface area contributed by atoms with E-state index in [9.17, 15) is 14.4 Å². The lowest BCUT2D eigenvalue weighted by molar-refractivity contribution is -0.149. The number of alkyl carbamates (subject to hydrolysis) is 1. The van der Waals surface area contributed by atoms with Crippen molar-refractivity contribution in [1.82, 2.24) is 10.6 Å². The minimum absolute atomic E-state index is 0.0940. The average molecular weight is 447 g/mol. The lowest BCUT2D eigenvalue weighted by Gasteiger charge is -2.18. The third-order valence-electron chi connectivity index (χ3n) is 4.73. The molecule has 2 amide bonds. The molecule has 3 aromatic carbocycles. The zero-order valence-electron chi connectivity index (χ0n) is 18.1. The van der Waals surface area contributed by atoms with Gasteiger partial charge in [0, 0.05) is 6.42 Å². The maximum Gasteiger partial charge on any atom is 0.407 e. The maximum absolute atomic E-state index is 12.7. The zero-order chi connectivity index (χ0) is 23.3. The molecule has 0 aliphatic carbocycles. The second-order valence-electron chi connectivity index (χ2n) is 7.32. The molecule has 0 aliphatic heterocycles. The molecule has 3 rings (SSSR count). The summed E-state index contributed by atoms with van der Waals surface area (Å²) in [5.74, 6) is -1.08. The number of hydrogen-bond acceptors (Lipinski definition) is 5. The van der Waals surface area contributed by atoms with E-state index in [0.717, 1.165) is 16.7 Å². The van der Waals surface area contributed by atoms with Crippen LogP contribution in [0.25, 0.3) is 0 Å². The lowest BCUT2D eigenvalue weighted by atomic mass is 10.1. The summed E-state index contributed by atoms with van der Waals surface area (Å²) >= 11 is 0. The number of carbonyl (C=O) groups is 3. The Hall–Kier alpha value is -4.13. The van der Waals surface area contributed by atoms with E-state index >= 15 is 0 Å². The number of rotatable bonds is 10. The Bertz CT molecular complexity index is 1030. The topological polar surface area (TPSA) is 93.7 Å². The highest BCUT2D eigenvalue weighted by Crippen LogP contribution is 2.07. The summed E-state index contributed by atoms with van der Waals surface area (Å²) in [7, 11) is 0. The van der Waals surface area contributed by atoms with Gasteiger partial charge in [0.2, 0.25) is 5.91 Å². The molecule has 0 saturated carbocycles. The molecule has 0 saturated heterocycles. The molecule has 170 valence electrons. The predicted octanol–water partition coefficient (Wildman–Crippen LogP) is 3.38. The van der Waals surface area contributed by atoms with Crippen LogP contribution in [0, 0.1) is 0 Å². The number of amides is 2. The minimum Gasteiger partial charge on any atom is -0.459 e. The summed E-state index contributed by atoms with van der Waals surface area (Å²) in [6, 6.07) is 26.9. The molecule has 0 unspecified atom stereocenters. The first-order valence-corrected chi connectivity index (χ1v) is 10.6. The minimum atomic E-state index is -0.897. The summed E-state index contributed by atoms with van der Waals surface area (Å²) in [6.07, 6.45) is -0.459. The van der Waals surface area contributed by atoms with Gasteiger partial charge in [0.1, 0.15) is 25.8 Å². The van der Waals surface area contributed by atoms with Crippen molar-refractivity contribution in [3.63, 3.8) is 0 Å². The van der Waals surface area contributed by atoms with Crippen LogP contribution in [0.3, 0.4) is 0 Å². The number of benzene rings is 3. The first kappa shape index (κ1) is 23.5. The van der Waals surface area contributed by atoms with Crippen LogP contribution in [0.4, 0.5) is 4.79 Å². The fourth-order valence-corrected chi connectivity index (χ4v) is 3.04. The molecule has 2 N–H and O–H groups in total. The Labute approximate surface area is 192 Å². The van der Waals surface area contributed by atoms with Crippen molar-refractivity contribution in [3.05, 3.63) is 108 Å². The van der Waals surface area contributed by atoms with Crippen molar-refractivity contribution < 1.29 is 23.9 Å². The Kier molecular flexibility index (Phi) is 9.03. The van der Waals surface area contributed by atoms with Gasteiger partial charge < -0.3 is 20.1 Å². The monoisotopic (exact) mass is 446 g/mol. The van der Waals surface area contributed by atoms with Crippen LogP contribution in [-0.2, 0) is 38.7 Å². The molecule has 0 fully saturated rings. The van der Waals surface area contributed by atoms with Gasteiger partial charge in [0.05, 0.1) is 0 Å². The third-order valence-corrected chi connectivity index (χ3v) is 4.73. The van der Waals surface area contributed by atoms with Crippen LogP contribution < -0.4 is 10.6 Å². The van der Waals surface area contributed by atoms with E-state index in [4.69, 9.17) is 9.47 Å². The van der Waals surface area contributed by atoms with E-state index in [1.807, 2.05) is 91.0 Å². The molecule has 7 heteroatoms. The van der Waals surface area contributed by atoms with Gasteiger partial charge in [-0.25, -0.2) is 9.59 Å². The normalized spacial score (nSPS) is 11.2. The van der Waals surface area contributed by atoms with Crippen LogP contribution in [0.1, 0.15) is 16.7 Å².